The van der Waals surface area contributed by atoms with Gasteiger partial charge < -0.3 is 14.2 Å². The normalized spacial score (nSPS) is 11.0. The summed E-state index contributed by atoms with van der Waals surface area (Å²) in [6, 6.07) is 18.7. The molecular weight excluding hydrogens is 571 g/mol. The van der Waals surface area contributed by atoms with E-state index in [-0.39, 0.29) is 5.91 Å². The van der Waals surface area contributed by atoms with Crippen LogP contribution >= 0.6 is 50.9 Å². The lowest BCUT2D eigenvalue weighted by Gasteiger charge is -2.14. The van der Waals surface area contributed by atoms with Gasteiger partial charge in [-0.25, -0.2) is 4.79 Å². The van der Waals surface area contributed by atoms with Gasteiger partial charge in [-0.2, -0.15) is 0 Å². The highest BCUT2D eigenvalue weighted by molar-refractivity contribution is 9.10. The zero-order valence-electron chi connectivity index (χ0n) is 19.1. The number of esters is 1. The Hall–Kier alpha value is -2.45. The van der Waals surface area contributed by atoms with Gasteiger partial charge in [0.1, 0.15) is 5.69 Å². The highest BCUT2D eigenvalue weighted by Crippen LogP contribution is 2.40. The number of carbonyl (C=O) groups is 2. The van der Waals surface area contributed by atoms with Gasteiger partial charge in [0.15, 0.2) is 0 Å². The van der Waals surface area contributed by atoms with E-state index in [2.05, 4.69) is 15.9 Å². The predicted octanol–water partition coefficient (Wildman–Crippen LogP) is 7.40. The van der Waals surface area contributed by atoms with Crippen LogP contribution in [0.3, 0.4) is 0 Å². The molecule has 1 heterocycles. The molecule has 4 aromatic rings. The second-order valence-electron chi connectivity index (χ2n) is 8.00. The first-order valence-electron chi connectivity index (χ1n) is 10.5. The molecule has 0 fully saturated rings. The van der Waals surface area contributed by atoms with E-state index >= 15 is 0 Å². The number of amides is 1. The number of nitrogens with zero attached hydrogens (tertiary/aromatic N) is 2. The van der Waals surface area contributed by atoms with E-state index in [0.29, 0.717) is 27.8 Å². The van der Waals surface area contributed by atoms with Crippen molar-refractivity contribution in [2.24, 2.45) is 0 Å². The summed E-state index contributed by atoms with van der Waals surface area (Å²) >= 11 is 17.6. The first-order valence-corrected chi connectivity index (χ1v) is 12.9. The molecule has 0 spiro atoms. The van der Waals surface area contributed by atoms with Gasteiger partial charge in [0.05, 0.1) is 27.1 Å². The van der Waals surface area contributed by atoms with E-state index in [1.165, 1.54) is 23.8 Å². The van der Waals surface area contributed by atoms with Crippen LogP contribution in [0.25, 0.3) is 10.9 Å². The number of carbonyl (C=O) groups excluding carboxylic acids is 2. The Balaban J connectivity index is 1.76. The number of hydrogen-bond acceptors (Lipinski definition) is 4. The van der Waals surface area contributed by atoms with Crippen molar-refractivity contribution in [2.45, 2.75) is 16.3 Å². The Morgan fingerprint density at radius 3 is 2.34 bits per heavy atom. The molecule has 0 unspecified atom stereocenters. The number of hydrogen-bond donors (Lipinski definition) is 0. The molecule has 0 aliphatic heterocycles. The fraction of sp³-hybridized carbons (Fsp3) is 0.154. The summed E-state index contributed by atoms with van der Waals surface area (Å²) in [6.07, 6.45) is 0. The molecule has 1 amide bonds. The third kappa shape index (κ3) is 5.38. The smallest absolute Gasteiger partial charge is 0.354 e. The number of benzene rings is 3. The highest BCUT2D eigenvalue weighted by Gasteiger charge is 2.20. The third-order valence-electron chi connectivity index (χ3n) is 5.43. The summed E-state index contributed by atoms with van der Waals surface area (Å²) < 4.78 is 7.82. The molecule has 0 N–H and O–H groups in total. The summed E-state index contributed by atoms with van der Waals surface area (Å²) in [5.41, 5.74) is 2.85. The largest absolute Gasteiger partial charge is 0.464 e. The fourth-order valence-corrected chi connectivity index (χ4v) is 5.74. The van der Waals surface area contributed by atoms with Gasteiger partial charge in [0.25, 0.3) is 5.91 Å². The van der Waals surface area contributed by atoms with Crippen LogP contribution in [-0.4, -0.2) is 42.5 Å². The molecule has 1 aromatic heterocycles. The molecule has 0 bridgehead atoms. The predicted molar refractivity (Wildman–Crippen MR) is 145 cm³/mol. The minimum atomic E-state index is -0.425. The summed E-state index contributed by atoms with van der Waals surface area (Å²) in [5, 5.41) is 1.89. The van der Waals surface area contributed by atoms with Crippen LogP contribution in [0, 0.1) is 0 Å². The van der Waals surface area contributed by atoms with Crippen LogP contribution in [0.5, 0.6) is 0 Å². The van der Waals surface area contributed by atoms with Crippen molar-refractivity contribution < 1.29 is 14.3 Å². The van der Waals surface area contributed by atoms with Crippen LogP contribution < -0.4 is 0 Å². The van der Waals surface area contributed by atoms with E-state index in [1.54, 1.807) is 32.3 Å². The van der Waals surface area contributed by atoms with E-state index in [4.69, 9.17) is 27.9 Å². The van der Waals surface area contributed by atoms with E-state index in [9.17, 15) is 9.59 Å². The van der Waals surface area contributed by atoms with Crippen LogP contribution in [-0.2, 0) is 11.3 Å². The summed E-state index contributed by atoms with van der Waals surface area (Å²) in [7, 11) is 4.80. The van der Waals surface area contributed by atoms with Gasteiger partial charge in [0.2, 0.25) is 0 Å². The van der Waals surface area contributed by atoms with Gasteiger partial charge >= 0.3 is 5.97 Å². The van der Waals surface area contributed by atoms with E-state index in [0.717, 1.165) is 30.7 Å². The zero-order chi connectivity index (χ0) is 25.3. The maximum Gasteiger partial charge on any atom is 0.354 e. The standard InChI is InChI=1S/C26H21BrCl2N2O3S/c1-30(2)25(32)16-6-4-15(5-7-16)14-31-21(26(33)34-3)12-17-8-11-22(23(27)24(17)31)35-18-9-10-19(28)20(29)13-18/h4-13H,14H2,1-3H3. The lowest BCUT2D eigenvalue weighted by molar-refractivity contribution is 0.0589. The number of rotatable bonds is 6. The van der Waals surface area contributed by atoms with Gasteiger partial charge in [-0.3, -0.25) is 4.79 Å². The first-order chi connectivity index (χ1) is 16.7. The molecule has 35 heavy (non-hydrogen) atoms. The second-order valence-corrected chi connectivity index (χ2v) is 10.7. The quantitative estimate of drug-likeness (QED) is 0.219. The molecule has 0 radical (unpaired) electrons. The van der Waals surface area contributed by atoms with Crippen molar-refractivity contribution in [3.05, 3.63) is 92.0 Å². The Kier molecular flexibility index (Phi) is 7.81. The van der Waals surface area contributed by atoms with Crippen LogP contribution in [0.4, 0.5) is 0 Å². The number of ether oxygens (including phenoxy) is 1. The van der Waals surface area contributed by atoms with Crippen molar-refractivity contribution in [1.82, 2.24) is 9.47 Å². The van der Waals surface area contributed by atoms with Crippen molar-refractivity contribution in [1.29, 1.82) is 0 Å². The van der Waals surface area contributed by atoms with Crippen LogP contribution in [0.1, 0.15) is 26.4 Å². The minimum absolute atomic E-state index is 0.0649. The molecular formula is C26H21BrCl2N2O3S. The maximum absolute atomic E-state index is 12.6. The number of fused-ring (bicyclic) bond motifs is 1. The van der Waals surface area contributed by atoms with Crippen LogP contribution in [0.2, 0.25) is 10.0 Å². The Labute approximate surface area is 226 Å². The summed E-state index contributed by atoms with van der Waals surface area (Å²) in [5.74, 6) is -0.490. The number of halogens is 3. The molecule has 180 valence electrons. The van der Waals surface area contributed by atoms with Crippen molar-refractivity contribution >= 4 is 73.7 Å². The second kappa shape index (κ2) is 10.7. The van der Waals surface area contributed by atoms with Crippen LogP contribution in [0.15, 0.2) is 74.9 Å². The molecule has 4 rings (SSSR count). The molecule has 0 aliphatic rings. The van der Waals surface area contributed by atoms with Crippen molar-refractivity contribution in [3.8, 4) is 0 Å². The average molecular weight is 592 g/mol. The number of aromatic nitrogens is 1. The molecule has 0 saturated heterocycles. The van der Waals surface area contributed by atoms with Gasteiger partial charge in [-0.1, -0.05) is 53.2 Å². The molecule has 3 aromatic carbocycles. The Morgan fingerprint density at radius 1 is 1.00 bits per heavy atom. The molecule has 0 atom stereocenters. The fourth-order valence-electron chi connectivity index (χ4n) is 3.68. The van der Waals surface area contributed by atoms with Gasteiger partial charge in [0, 0.05) is 41.4 Å². The van der Waals surface area contributed by atoms with Gasteiger partial charge in [-0.15, -0.1) is 0 Å². The monoisotopic (exact) mass is 590 g/mol. The molecule has 0 saturated carbocycles. The SMILES string of the molecule is COC(=O)c1cc2ccc(Sc3ccc(Cl)c(Cl)c3)c(Br)c2n1Cc1ccc(C(=O)N(C)C)cc1. The van der Waals surface area contributed by atoms with Crippen molar-refractivity contribution in [3.63, 3.8) is 0 Å². The molecule has 0 aliphatic carbocycles. The maximum atomic E-state index is 12.6. The summed E-state index contributed by atoms with van der Waals surface area (Å²) in [6.45, 7) is 0.420. The van der Waals surface area contributed by atoms with E-state index < -0.39 is 5.97 Å². The average Bonchev–Trinajstić information content (AvgIpc) is 3.21. The third-order valence-corrected chi connectivity index (χ3v) is 8.28. The topological polar surface area (TPSA) is 51.5 Å². The van der Waals surface area contributed by atoms with Crippen molar-refractivity contribution in [2.75, 3.05) is 21.2 Å². The lowest BCUT2D eigenvalue weighted by Crippen LogP contribution is -2.21. The zero-order valence-corrected chi connectivity index (χ0v) is 23.1. The summed E-state index contributed by atoms with van der Waals surface area (Å²) in [4.78, 5) is 28.3. The first kappa shape index (κ1) is 25.6. The Morgan fingerprint density at radius 2 is 1.71 bits per heavy atom. The molecule has 9 heteroatoms. The Bertz CT molecular complexity index is 1440. The van der Waals surface area contributed by atoms with Gasteiger partial charge in [-0.05, 0) is 64.0 Å². The number of methoxy groups -OCH3 is 1. The molecule has 5 nitrogen and oxygen atoms in total. The van der Waals surface area contributed by atoms with E-state index in [1.807, 2.05) is 47.0 Å². The minimum Gasteiger partial charge on any atom is -0.464 e. The highest BCUT2D eigenvalue weighted by atomic mass is 79.9. The lowest BCUT2D eigenvalue weighted by atomic mass is 10.1.